The zero-order valence-electron chi connectivity index (χ0n) is 25.5. The zero-order valence-corrected chi connectivity index (χ0v) is 25.5. The first-order valence-electron chi connectivity index (χ1n) is 16.6. The van der Waals surface area contributed by atoms with Crippen LogP contribution in [0.1, 0.15) is 126 Å². The van der Waals surface area contributed by atoms with E-state index in [9.17, 15) is 17.6 Å². The number of benzene rings is 2. The van der Waals surface area contributed by atoms with Crippen molar-refractivity contribution in [1.82, 2.24) is 0 Å². The summed E-state index contributed by atoms with van der Waals surface area (Å²) in [5, 5.41) is 0. The van der Waals surface area contributed by atoms with Crippen molar-refractivity contribution < 1.29 is 22.3 Å². The summed E-state index contributed by atoms with van der Waals surface area (Å²) in [6.07, 6.45) is 18.6. The van der Waals surface area contributed by atoms with Crippen molar-refractivity contribution in [2.24, 2.45) is 23.7 Å². The van der Waals surface area contributed by atoms with Crippen molar-refractivity contribution in [3.8, 4) is 5.75 Å². The fourth-order valence-corrected chi connectivity index (χ4v) is 7.90. The average Bonchev–Trinajstić information content (AvgIpc) is 3.02. The number of aryl methyl sites for hydroxylation is 1. The van der Waals surface area contributed by atoms with Crippen molar-refractivity contribution >= 4 is 5.57 Å². The molecule has 5 heteroatoms. The van der Waals surface area contributed by atoms with Crippen LogP contribution in [0.5, 0.6) is 5.75 Å². The van der Waals surface area contributed by atoms with Gasteiger partial charge in [-0.3, -0.25) is 0 Å². The van der Waals surface area contributed by atoms with Crippen LogP contribution in [-0.4, -0.2) is 6.61 Å². The molecule has 0 bridgehead atoms. The number of hydrogen-bond donors (Lipinski definition) is 0. The third-order valence-electron chi connectivity index (χ3n) is 10.7. The average molecular weight is 585 g/mol. The Kier molecular flexibility index (Phi) is 10.7. The number of halogens is 4. The van der Waals surface area contributed by atoms with Crippen LogP contribution in [0.25, 0.3) is 5.57 Å². The summed E-state index contributed by atoms with van der Waals surface area (Å²) >= 11 is 0. The Balaban J connectivity index is 1.04. The molecule has 2 fully saturated rings. The Bertz CT molecular complexity index is 1220. The van der Waals surface area contributed by atoms with Gasteiger partial charge in [0.05, 0.1) is 6.61 Å². The van der Waals surface area contributed by atoms with Gasteiger partial charge in [0, 0.05) is 5.56 Å². The molecule has 0 saturated heterocycles. The van der Waals surface area contributed by atoms with Crippen molar-refractivity contribution in [3.63, 3.8) is 0 Å². The van der Waals surface area contributed by atoms with Crippen molar-refractivity contribution in [1.29, 1.82) is 0 Å². The lowest BCUT2D eigenvalue weighted by atomic mass is 9.69. The summed E-state index contributed by atoms with van der Waals surface area (Å²) < 4.78 is 63.4. The maximum absolute atomic E-state index is 14.9. The summed E-state index contributed by atoms with van der Waals surface area (Å²) in [5.41, 5.74) is 2.28. The third kappa shape index (κ3) is 7.25. The molecule has 0 N–H and O–H groups in total. The molecule has 1 unspecified atom stereocenters. The SMILES string of the molecule is CCCCOc1ccc(C2=CCC(C3CCC(CCC4CCC(c5ccc(C)c(F)c5F)CC4)CC3)CC2)c(F)c1F. The molecule has 2 aromatic rings. The lowest BCUT2D eigenvalue weighted by Gasteiger charge is -2.36. The Hall–Kier alpha value is -2.30. The van der Waals surface area contributed by atoms with E-state index in [-0.39, 0.29) is 11.7 Å². The van der Waals surface area contributed by atoms with Crippen LogP contribution >= 0.6 is 0 Å². The Morgan fingerprint density at radius 1 is 0.714 bits per heavy atom. The summed E-state index contributed by atoms with van der Waals surface area (Å²) in [6.45, 7) is 4.06. The molecule has 0 spiro atoms. The van der Waals surface area contributed by atoms with Crippen molar-refractivity contribution in [2.45, 2.75) is 116 Å². The van der Waals surface area contributed by atoms with Crippen molar-refractivity contribution in [3.05, 3.63) is 70.3 Å². The van der Waals surface area contributed by atoms with Crippen LogP contribution in [0, 0.1) is 53.9 Å². The summed E-state index contributed by atoms with van der Waals surface area (Å²) in [7, 11) is 0. The lowest BCUT2D eigenvalue weighted by molar-refractivity contribution is 0.179. The molecule has 0 amide bonds. The van der Waals surface area contributed by atoms with E-state index in [2.05, 4.69) is 6.08 Å². The highest BCUT2D eigenvalue weighted by Crippen LogP contribution is 2.44. The number of ether oxygens (including phenoxy) is 1. The molecule has 0 aromatic heterocycles. The van der Waals surface area contributed by atoms with E-state index in [1.165, 1.54) is 38.5 Å². The van der Waals surface area contributed by atoms with Crippen LogP contribution in [0.4, 0.5) is 17.6 Å². The molecule has 0 heterocycles. The molecule has 3 aliphatic carbocycles. The Morgan fingerprint density at radius 2 is 1.40 bits per heavy atom. The normalized spacial score (nSPS) is 26.6. The van der Waals surface area contributed by atoms with Gasteiger partial charge in [0.1, 0.15) is 0 Å². The van der Waals surface area contributed by atoms with Gasteiger partial charge in [0.25, 0.3) is 0 Å². The van der Waals surface area contributed by atoms with Gasteiger partial charge in [0.15, 0.2) is 23.2 Å². The first-order chi connectivity index (χ1) is 20.4. The van der Waals surface area contributed by atoms with Crippen molar-refractivity contribution in [2.75, 3.05) is 6.61 Å². The van der Waals surface area contributed by atoms with Crippen LogP contribution in [0.2, 0.25) is 0 Å². The molecule has 5 rings (SSSR count). The summed E-state index contributed by atoms with van der Waals surface area (Å²) in [6, 6.07) is 6.77. The Morgan fingerprint density at radius 3 is 2.05 bits per heavy atom. The molecule has 230 valence electrons. The highest BCUT2D eigenvalue weighted by Gasteiger charge is 2.31. The second kappa shape index (κ2) is 14.4. The largest absolute Gasteiger partial charge is 0.490 e. The third-order valence-corrected chi connectivity index (χ3v) is 10.7. The van der Waals surface area contributed by atoms with Gasteiger partial charge < -0.3 is 4.74 Å². The van der Waals surface area contributed by atoms with E-state index < -0.39 is 23.3 Å². The molecule has 3 aliphatic rings. The summed E-state index contributed by atoms with van der Waals surface area (Å²) in [4.78, 5) is 0. The molecule has 2 saturated carbocycles. The molecular weight excluding hydrogens is 536 g/mol. The van der Waals surface area contributed by atoms with E-state index in [1.54, 1.807) is 31.2 Å². The van der Waals surface area contributed by atoms with Gasteiger partial charge in [-0.15, -0.1) is 0 Å². The van der Waals surface area contributed by atoms with Gasteiger partial charge in [-0.25, -0.2) is 13.2 Å². The predicted octanol–water partition coefficient (Wildman–Crippen LogP) is 11.5. The van der Waals surface area contributed by atoms with Crippen LogP contribution in [-0.2, 0) is 0 Å². The minimum absolute atomic E-state index is 0.0118. The first kappa shape index (κ1) is 31.1. The highest BCUT2D eigenvalue weighted by atomic mass is 19.2. The van der Waals surface area contributed by atoms with Crippen LogP contribution < -0.4 is 4.74 Å². The molecule has 0 aliphatic heterocycles. The van der Waals surface area contributed by atoms with E-state index in [4.69, 9.17) is 4.74 Å². The lowest BCUT2D eigenvalue weighted by Crippen LogP contribution is -2.24. The molecule has 1 atom stereocenters. The highest BCUT2D eigenvalue weighted by molar-refractivity contribution is 5.67. The number of unbranched alkanes of at least 4 members (excludes halogenated alkanes) is 1. The fraction of sp³-hybridized carbons (Fsp3) is 0.622. The Labute approximate surface area is 250 Å². The van der Waals surface area contributed by atoms with Crippen LogP contribution in [0.15, 0.2) is 30.3 Å². The smallest absolute Gasteiger partial charge is 0.201 e. The molecule has 0 radical (unpaired) electrons. The number of hydrogen-bond acceptors (Lipinski definition) is 1. The maximum atomic E-state index is 14.9. The summed E-state index contributed by atoms with van der Waals surface area (Å²) in [5.74, 6) is 0.0764. The molecule has 2 aromatic carbocycles. The quantitative estimate of drug-likeness (QED) is 0.199. The molecule has 42 heavy (non-hydrogen) atoms. The molecular formula is C37H48F4O. The van der Waals surface area contributed by atoms with E-state index in [1.807, 2.05) is 6.92 Å². The van der Waals surface area contributed by atoms with Gasteiger partial charge in [-0.1, -0.05) is 57.2 Å². The molecule has 1 nitrogen and oxygen atoms in total. The van der Waals surface area contributed by atoms with E-state index in [0.717, 1.165) is 75.2 Å². The topological polar surface area (TPSA) is 9.23 Å². The van der Waals surface area contributed by atoms with Gasteiger partial charge >= 0.3 is 0 Å². The second-order valence-electron chi connectivity index (χ2n) is 13.4. The van der Waals surface area contributed by atoms with E-state index in [0.29, 0.717) is 35.1 Å². The zero-order chi connectivity index (χ0) is 29.6. The minimum atomic E-state index is -0.867. The van der Waals surface area contributed by atoms with E-state index >= 15 is 0 Å². The fourth-order valence-electron chi connectivity index (χ4n) is 7.90. The maximum Gasteiger partial charge on any atom is 0.201 e. The van der Waals surface area contributed by atoms with Gasteiger partial charge in [-0.2, -0.15) is 4.39 Å². The number of rotatable bonds is 10. The number of allylic oxidation sites excluding steroid dienone is 2. The predicted molar refractivity (Wildman–Crippen MR) is 163 cm³/mol. The van der Waals surface area contributed by atoms with Gasteiger partial charge in [0.2, 0.25) is 5.82 Å². The minimum Gasteiger partial charge on any atom is -0.490 e. The van der Waals surface area contributed by atoms with Crippen LogP contribution in [0.3, 0.4) is 0 Å². The first-order valence-corrected chi connectivity index (χ1v) is 16.6. The monoisotopic (exact) mass is 584 g/mol. The second-order valence-corrected chi connectivity index (χ2v) is 13.4. The standard InChI is InChI=1S/C37H48F4O/c1-3-4-23-42-33-22-21-32(36(40)37(33)41)30-18-16-28(17-19-30)27-12-8-25(9-13-27)6-7-26-10-14-29(15-11-26)31-20-5-24(2)34(38)35(31)39/h5,18,20-22,25-29H,3-4,6-17,19,23H2,1-2H3. The van der Waals surface area contributed by atoms with Gasteiger partial charge in [-0.05, 0) is 130 Å².